The lowest BCUT2D eigenvalue weighted by Gasteiger charge is -2.38. The summed E-state index contributed by atoms with van der Waals surface area (Å²) in [5.74, 6) is 0.821. The standard InChI is InChI=1S/C15H21N/c1-2-15(8-5-9-16-15)11-13-10-12-6-3-4-7-14(12)13/h3-4,6-7,13,16H,2,5,8-11H2,1H3. The van der Waals surface area contributed by atoms with Crippen molar-refractivity contribution in [3.8, 4) is 0 Å². The average Bonchev–Trinajstić information content (AvgIpc) is 2.75. The van der Waals surface area contributed by atoms with Gasteiger partial charge in [0.1, 0.15) is 0 Å². The van der Waals surface area contributed by atoms with Gasteiger partial charge in [-0.05, 0) is 55.7 Å². The first-order chi connectivity index (χ1) is 7.83. The van der Waals surface area contributed by atoms with Crippen LogP contribution in [0.15, 0.2) is 24.3 Å². The van der Waals surface area contributed by atoms with Gasteiger partial charge in [0, 0.05) is 5.54 Å². The van der Waals surface area contributed by atoms with Crippen LogP contribution in [0.5, 0.6) is 0 Å². The van der Waals surface area contributed by atoms with E-state index in [0.717, 1.165) is 5.92 Å². The number of nitrogens with one attached hydrogen (secondary N) is 1. The predicted molar refractivity (Wildman–Crippen MR) is 67.8 cm³/mol. The smallest absolute Gasteiger partial charge is 0.0185 e. The minimum atomic E-state index is 0.457. The van der Waals surface area contributed by atoms with Crippen LogP contribution in [0, 0.1) is 0 Å². The molecule has 1 aromatic carbocycles. The molecule has 0 saturated carbocycles. The Bertz CT molecular complexity index is 377. The summed E-state index contributed by atoms with van der Waals surface area (Å²) < 4.78 is 0. The number of benzene rings is 1. The van der Waals surface area contributed by atoms with Crippen LogP contribution in [0.25, 0.3) is 0 Å². The molecule has 0 radical (unpaired) electrons. The zero-order valence-electron chi connectivity index (χ0n) is 10.1. The van der Waals surface area contributed by atoms with Crippen molar-refractivity contribution in [1.82, 2.24) is 5.32 Å². The highest BCUT2D eigenvalue weighted by atomic mass is 15.0. The fourth-order valence-corrected chi connectivity index (χ4v) is 3.51. The monoisotopic (exact) mass is 215 g/mol. The molecule has 2 atom stereocenters. The average molecular weight is 215 g/mol. The van der Waals surface area contributed by atoms with E-state index < -0.39 is 0 Å². The maximum atomic E-state index is 3.75. The molecule has 1 aliphatic heterocycles. The first-order valence-electron chi connectivity index (χ1n) is 6.66. The quantitative estimate of drug-likeness (QED) is 0.816. The van der Waals surface area contributed by atoms with Crippen molar-refractivity contribution in [1.29, 1.82) is 0 Å². The number of hydrogen-bond donors (Lipinski definition) is 1. The fourth-order valence-electron chi connectivity index (χ4n) is 3.51. The van der Waals surface area contributed by atoms with Crippen molar-refractivity contribution < 1.29 is 0 Å². The molecule has 0 bridgehead atoms. The Hall–Kier alpha value is -0.820. The normalized spacial score (nSPS) is 32.2. The van der Waals surface area contributed by atoms with Gasteiger partial charge in [0.25, 0.3) is 0 Å². The van der Waals surface area contributed by atoms with Crippen LogP contribution in [0.2, 0.25) is 0 Å². The molecule has 1 heteroatoms. The third-order valence-electron chi connectivity index (χ3n) is 4.61. The molecule has 1 fully saturated rings. The third-order valence-corrected chi connectivity index (χ3v) is 4.61. The summed E-state index contributed by atoms with van der Waals surface area (Å²) in [5, 5.41) is 3.75. The second-order valence-corrected chi connectivity index (χ2v) is 5.47. The van der Waals surface area contributed by atoms with E-state index in [1.165, 1.54) is 38.6 Å². The highest BCUT2D eigenvalue weighted by Crippen LogP contribution is 2.43. The molecule has 1 aliphatic carbocycles. The van der Waals surface area contributed by atoms with Crippen molar-refractivity contribution in [2.24, 2.45) is 0 Å². The summed E-state index contributed by atoms with van der Waals surface area (Å²) in [6.07, 6.45) is 6.68. The number of rotatable bonds is 3. The molecular weight excluding hydrogens is 194 g/mol. The molecule has 86 valence electrons. The molecule has 2 unspecified atom stereocenters. The Kier molecular flexibility index (Phi) is 2.51. The lowest BCUT2D eigenvalue weighted by molar-refractivity contribution is 0.297. The summed E-state index contributed by atoms with van der Waals surface area (Å²) >= 11 is 0. The maximum absolute atomic E-state index is 3.75. The number of hydrogen-bond acceptors (Lipinski definition) is 1. The lowest BCUT2D eigenvalue weighted by Crippen LogP contribution is -2.42. The molecule has 1 saturated heterocycles. The summed E-state index contributed by atoms with van der Waals surface area (Å²) in [6.45, 7) is 3.56. The van der Waals surface area contributed by atoms with Gasteiger partial charge in [-0.2, -0.15) is 0 Å². The molecule has 1 heterocycles. The van der Waals surface area contributed by atoms with Crippen molar-refractivity contribution in [3.05, 3.63) is 35.4 Å². The van der Waals surface area contributed by atoms with Crippen LogP contribution >= 0.6 is 0 Å². The van der Waals surface area contributed by atoms with Crippen LogP contribution in [0.4, 0.5) is 0 Å². The highest BCUT2D eigenvalue weighted by Gasteiger charge is 2.37. The first-order valence-corrected chi connectivity index (χ1v) is 6.66. The zero-order chi connectivity index (χ0) is 11.0. The Morgan fingerprint density at radius 1 is 1.38 bits per heavy atom. The van der Waals surface area contributed by atoms with Gasteiger partial charge >= 0.3 is 0 Å². The van der Waals surface area contributed by atoms with Gasteiger partial charge in [0.15, 0.2) is 0 Å². The van der Waals surface area contributed by atoms with Gasteiger partial charge in [0.05, 0.1) is 0 Å². The van der Waals surface area contributed by atoms with Crippen LogP contribution < -0.4 is 5.32 Å². The number of fused-ring (bicyclic) bond motifs is 1. The van der Waals surface area contributed by atoms with E-state index in [9.17, 15) is 0 Å². The van der Waals surface area contributed by atoms with Crippen LogP contribution in [-0.4, -0.2) is 12.1 Å². The molecule has 1 N–H and O–H groups in total. The minimum Gasteiger partial charge on any atom is -0.311 e. The Morgan fingerprint density at radius 2 is 2.25 bits per heavy atom. The van der Waals surface area contributed by atoms with Crippen molar-refractivity contribution in [2.45, 2.75) is 50.5 Å². The summed E-state index contributed by atoms with van der Waals surface area (Å²) in [7, 11) is 0. The molecule has 0 amide bonds. The van der Waals surface area contributed by atoms with Crippen LogP contribution in [0.1, 0.15) is 49.7 Å². The van der Waals surface area contributed by atoms with E-state index in [1.54, 1.807) is 11.1 Å². The van der Waals surface area contributed by atoms with Gasteiger partial charge in [0.2, 0.25) is 0 Å². The molecule has 1 aromatic rings. The topological polar surface area (TPSA) is 12.0 Å². The van der Waals surface area contributed by atoms with Crippen molar-refractivity contribution in [2.75, 3.05) is 6.54 Å². The third kappa shape index (κ3) is 1.58. The summed E-state index contributed by atoms with van der Waals surface area (Å²) in [5.41, 5.74) is 3.65. The van der Waals surface area contributed by atoms with Gasteiger partial charge in [-0.25, -0.2) is 0 Å². The van der Waals surface area contributed by atoms with Crippen molar-refractivity contribution in [3.63, 3.8) is 0 Å². The molecule has 3 rings (SSSR count). The molecular formula is C15H21N. The first kappa shape index (κ1) is 10.3. The van der Waals surface area contributed by atoms with Gasteiger partial charge in [-0.15, -0.1) is 0 Å². The maximum Gasteiger partial charge on any atom is 0.0185 e. The summed E-state index contributed by atoms with van der Waals surface area (Å²) in [4.78, 5) is 0. The van der Waals surface area contributed by atoms with E-state index >= 15 is 0 Å². The minimum absolute atomic E-state index is 0.457. The molecule has 0 aromatic heterocycles. The van der Waals surface area contributed by atoms with Crippen LogP contribution in [-0.2, 0) is 6.42 Å². The zero-order valence-corrected chi connectivity index (χ0v) is 10.1. The fraction of sp³-hybridized carbons (Fsp3) is 0.600. The van der Waals surface area contributed by atoms with E-state index in [2.05, 4.69) is 36.5 Å². The van der Waals surface area contributed by atoms with Crippen molar-refractivity contribution >= 4 is 0 Å². The van der Waals surface area contributed by atoms with E-state index in [1.807, 2.05) is 0 Å². The van der Waals surface area contributed by atoms with E-state index in [-0.39, 0.29) is 0 Å². The SMILES string of the molecule is CCC1(CC2Cc3ccccc32)CCCN1. The van der Waals surface area contributed by atoms with E-state index in [0.29, 0.717) is 5.54 Å². The Labute approximate surface area is 98.3 Å². The van der Waals surface area contributed by atoms with Gasteiger partial charge in [-0.1, -0.05) is 31.2 Å². The molecule has 0 spiro atoms. The van der Waals surface area contributed by atoms with Gasteiger partial charge < -0.3 is 5.32 Å². The second kappa shape index (κ2) is 3.89. The highest BCUT2D eigenvalue weighted by molar-refractivity contribution is 5.40. The molecule has 1 nitrogen and oxygen atoms in total. The second-order valence-electron chi connectivity index (χ2n) is 5.47. The summed E-state index contributed by atoms with van der Waals surface area (Å²) in [6, 6.07) is 8.96. The Balaban J connectivity index is 1.73. The lowest BCUT2D eigenvalue weighted by atomic mass is 9.70. The van der Waals surface area contributed by atoms with Crippen LogP contribution in [0.3, 0.4) is 0 Å². The largest absolute Gasteiger partial charge is 0.311 e. The predicted octanol–water partition coefficient (Wildman–Crippen LogP) is 3.25. The van der Waals surface area contributed by atoms with E-state index in [4.69, 9.17) is 0 Å². The Morgan fingerprint density at radius 3 is 2.94 bits per heavy atom. The molecule has 16 heavy (non-hydrogen) atoms. The van der Waals surface area contributed by atoms with Gasteiger partial charge in [-0.3, -0.25) is 0 Å². The molecule has 2 aliphatic rings.